The average molecular weight is 98.1 g/mol. The Morgan fingerprint density at radius 2 is 2.57 bits per heavy atom. The molecule has 0 heterocycles. The Labute approximate surface area is 43.7 Å². The summed E-state index contributed by atoms with van der Waals surface area (Å²) in [5.74, 6) is 0.509. The van der Waals surface area contributed by atoms with Crippen LogP contribution < -0.4 is 5.32 Å². The van der Waals surface area contributed by atoms with Crippen LogP contribution in [0, 0.1) is 5.41 Å². The quantitative estimate of drug-likeness (QED) is 0.394. The maximum absolute atomic E-state index is 6.96. The van der Waals surface area contributed by atoms with E-state index in [-0.39, 0.29) is 0 Å². The lowest BCUT2D eigenvalue weighted by Gasteiger charge is -1.93. The molecule has 0 aliphatic rings. The molecule has 0 atom stereocenters. The van der Waals surface area contributed by atoms with Gasteiger partial charge >= 0.3 is 0 Å². The van der Waals surface area contributed by atoms with Gasteiger partial charge in [-0.15, -0.1) is 0 Å². The highest BCUT2D eigenvalue weighted by molar-refractivity contribution is 5.79. The normalized spacial score (nSPS) is 7.57. The van der Waals surface area contributed by atoms with Crippen molar-refractivity contribution in [2.45, 2.75) is 13.3 Å². The van der Waals surface area contributed by atoms with Crippen LogP contribution in [0.4, 0.5) is 0 Å². The van der Waals surface area contributed by atoms with Crippen molar-refractivity contribution in [1.82, 2.24) is 5.32 Å². The van der Waals surface area contributed by atoms with Gasteiger partial charge in [0.15, 0.2) is 0 Å². The predicted octanol–water partition coefficient (Wildman–Crippen LogP) is 1.11. The molecule has 0 radical (unpaired) electrons. The molecule has 0 saturated carbocycles. The van der Waals surface area contributed by atoms with Gasteiger partial charge in [-0.05, 0) is 6.20 Å². The molecule has 0 aliphatic heterocycles. The smallest absolute Gasteiger partial charge is 0.0968 e. The fourth-order valence-electron chi connectivity index (χ4n) is 0.225. The maximum Gasteiger partial charge on any atom is 0.0968 e. The summed E-state index contributed by atoms with van der Waals surface area (Å²) in [4.78, 5) is 0. The first-order chi connectivity index (χ1) is 3.31. The van der Waals surface area contributed by atoms with Crippen LogP contribution in [0.1, 0.15) is 13.3 Å². The molecule has 0 saturated heterocycles. The molecule has 0 aromatic rings. The Bertz CT molecular complexity index is 76.1. The molecule has 0 amide bonds. The van der Waals surface area contributed by atoms with Gasteiger partial charge in [0, 0.05) is 6.42 Å². The van der Waals surface area contributed by atoms with Crippen LogP contribution in [0.15, 0.2) is 12.8 Å². The van der Waals surface area contributed by atoms with E-state index in [2.05, 4.69) is 11.9 Å². The topological polar surface area (TPSA) is 35.9 Å². The van der Waals surface area contributed by atoms with Gasteiger partial charge in [-0.2, -0.15) is 0 Å². The number of hydrogen-bond acceptors (Lipinski definition) is 1. The van der Waals surface area contributed by atoms with Gasteiger partial charge in [0.25, 0.3) is 0 Å². The largest absolute Gasteiger partial charge is 0.351 e. The number of rotatable bonds is 2. The lowest BCUT2D eigenvalue weighted by atomic mass is 10.4. The summed E-state index contributed by atoms with van der Waals surface area (Å²) < 4.78 is 0. The zero-order chi connectivity index (χ0) is 5.70. The molecule has 0 spiro atoms. The molecule has 7 heavy (non-hydrogen) atoms. The van der Waals surface area contributed by atoms with E-state index in [1.54, 1.807) is 0 Å². The van der Waals surface area contributed by atoms with Crippen LogP contribution in [0.3, 0.4) is 0 Å². The summed E-state index contributed by atoms with van der Waals surface area (Å²) in [5.41, 5.74) is 0. The fourth-order valence-corrected chi connectivity index (χ4v) is 0.225. The minimum atomic E-state index is 0.509. The minimum absolute atomic E-state index is 0.509. The molecule has 2 heteroatoms. The Morgan fingerprint density at radius 3 is 2.71 bits per heavy atom. The van der Waals surface area contributed by atoms with Crippen LogP contribution >= 0.6 is 0 Å². The van der Waals surface area contributed by atoms with Gasteiger partial charge in [0.05, 0.1) is 5.84 Å². The second kappa shape index (κ2) is 3.40. The van der Waals surface area contributed by atoms with Gasteiger partial charge in [-0.3, -0.25) is 5.41 Å². The second-order valence-electron chi connectivity index (χ2n) is 1.18. The molecule has 0 aliphatic carbocycles. The molecular formula is C5H10N2. The van der Waals surface area contributed by atoms with Crippen molar-refractivity contribution in [3.05, 3.63) is 12.8 Å². The summed E-state index contributed by atoms with van der Waals surface area (Å²) in [6.45, 7) is 5.31. The highest BCUT2D eigenvalue weighted by Crippen LogP contribution is 1.72. The van der Waals surface area contributed by atoms with Gasteiger partial charge in [0.2, 0.25) is 0 Å². The summed E-state index contributed by atoms with van der Waals surface area (Å²) in [6, 6.07) is 0. The van der Waals surface area contributed by atoms with Crippen LogP contribution in [0.2, 0.25) is 0 Å². The van der Waals surface area contributed by atoms with E-state index in [9.17, 15) is 0 Å². The summed E-state index contributed by atoms with van der Waals surface area (Å²) in [5, 5.41) is 9.60. The molecular weight excluding hydrogens is 88.1 g/mol. The second-order valence-corrected chi connectivity index (χ2v) is 1.18. The molecule has 0 fully saturated rings. The minimum Gasteiger partial charge on any atom is -0.351 e. The third-order valence-corrected chi connectivity index (χ3v) is 0.630. The SMILES string of the molecule is C=CNC(=N)CC. The van der Waals surface area contributed by atoms with Crippen molar-refractivity contribution < 1.29 is 0 Å². The number of nitrogens with one attached hydrogen (secondary N) is 2. The van der Waals surface area contributed by atoms with Crippen molar-refractivity contribution in [2.75, 3.05) is 0 Å². The Kier molecular flexibility index (Phi) is 3.02. The highest BCUT2D eigenvalue weighted by atomic mass is 14.9. The van der Waals surface area contributed by atoms with E-state index in [1.807, 2.05) is 6.92 Å². The molecule has 0 rings (SSSR count). The van der Waals surface area contributed by atoms with E-state index in [0.717, 1.165) is 6.42 Å². The molecule has 0 aromatic heterocycles. The molecule has 2 nitrogen and oxygen atoms in total. The summed E-state index contributed by atoms with van der Waals surface area (Å²) in [7, 11) is 0. The Hall–Kier alpha value is -0.790. The van der Waals surface area contributed by atoms with E-state index >= 15 is 0 Å². The monoisotopic (exact) mass is 98.1 g/mol. The lowest BCUT2D eigenvalue weighted by Crippen LogP contribution is -2.12. The predicted molar refractivity (Wildman–Crippen MR) is 31.4 cm³/mol. The van der Waals surface area contributed by atoms with Gasteiger partial charge in [-0.25, -0.2) is 0 Å². The van der Waals surface area contributed by atoms with Crippen molar-refractivity contribution >= 4 is 5.84 Å². The highest BCUT2D eigenvalue weighted by Gasteiger charge is 1.80. The average Bonchev–Trinajstić information content (AvgIpc) is 1.68. The summed E-state index contributed by atoms with van der Waals surface area (Å²) in [6.07, 6.45) is 2.25. The first kappa shape index (κ1) is 6.21. The van der Waals surface area contributed by atoms with Crippen molar-refractivity contribution in [2.24, 2.45) is 0 Å². The van der Waals surface area contributed by atoms with E-state index in [1.165, 1.54) is 6.20 Å². The molecule has 0 unspecified atom stereocenters. The van der Waals surface area contributed by atoms with Gasteiger partial charge < -0.3 is 5.32 Å². The molecule has 2 N–H and O–H groups in total. The van der Waals surface area contributed by atoms with Crippen LogP contribution in [0.25, 0.3) is 0 Å². The Morgan fingerprint density at radius 1 is 2.00 bits per heavy atom. The fraction of sp³-hybridized carbons (Fsp3) is 0.400. The van der Waals surface area contributed by atoms with Crippen LogP contribution in [-0.4, -0.2) is 5.84 Å². The standard InChI is InChI=1S/C5H10N2/c1-3-5(6)7-4-2/h4H,2-3H2,1H3,(H2,6,7). The van der Waals surface area contributed by atoms with Gasteiger partial charge in [-0.1, -0.05) is 13.5 Å². The zero-order valence-electron chi connectivity index (χ0n) is 4.49. The number of hydrogen-bond donors (Lipinski definition) is 2. The Balaban J connectivity index is 3.17. The molecule has 40 valence electrons. The van der Waals surface area contributed by atoms with E-state index in [4.69, 9.17) is 5.41 Å². The third kappa shape index (κ3) is 3.03. The van der Waals surface area contributed by atoms with Crippen molar-refractivity contribution in [3.8, 4) is 0 Å². The molecule has 0 bridgehead atoms. The zero-order valence-corrected chi connectivity index (χ0v) is 4.49. The first-order valence-electron chi connectivity index (χ1n) is 2.26. The lowest BCUT2D eigenvalue weighted by molar-refractivity contribution is 1.11. The summed E-state index contributed by atoms with van der Waals surface area (Å²) >= 11 is 0. The first-order valence-corrected chi connectivity index (χ1v) is 2.26. The van der Waals surface area contributed by atoms with Crippen molar-refractivity contribution in [3.63, 3.8) is 0 Å². The number of amidine groups is 1. The van der Waals surface area contributed by atoms with Crippen LogP contribution in [-0.2, 0) is 0 Å². The van der Waals surface area contributed by atoms with E-state index in [0.29, 0.717) is 5.84 Å². The van der Waals surface area contributed by atoms with Crippen LogP contribution in [0.5, 0.6) is 0 Å². The van der Waals surface area contributed by atoms with Gasteiger partial charge in [0.1, 0.15) is 0 Å². The molecule has 0 aromatic carbocycles. The van der Waals surface area contributed by atoms with Crippen molar-refractivity contribution in [1.29, 1.82) is 5.41 Å². The third-order valence-electron chi connectivity index (χ3n) is 0.630. The maximum atomic E-state index is 6.96. The van der Waals surface area contributed by atoms with E-state index < -0.39 is 0 Å².